The van der Waals surface area contributed by atoms with E-state index < -0.39 is 0 Å². The molecule has 3 heteroatoms. The topological polar surface area (TPSA) is 34.1 Å². The molecule has 2 aromatic rings. The fourth-order valence-electron chi connectivity index (χ4n) is 3.10. The molecule has 0 fully saturated rings. The fraction of sp³-hybridized carbons (Fsp3) is 0.389. The third kappa shape index (κ3) is 3.24. The average molecular weight is 282 g/mol. The molecule has 1 heterocycles. The van der Waals surface area contributed by atoms with Crippen LogP contribution in [0.15, 0.2) is 36.4 Å². The van der Waals surface area contributed by atoms with Crippen molar-refractivity contribution in [2.45, 2.75) is 38.8 Å². The van der Waals surface area contributed by atoms with Crippen LogP contribution in [0.1, 0.15) is 41.4 Å². The molecule has 1 aliphatic rings. The van der Waals surface area contributed by atoms with Crippen molar-refractivity contribution >= 4 is 0 Å². The van der Waals surface area contributed by atoms with Crippen LogP contribution in [0.5, 0.6) is 5.75 Å². The average Bonchev–Trinajstić information content (AvgIpc) is 2.52. The molecule has 1 N–H and O–H groups in total. The summed E-state index contributed by atoms with van der Waals surface area (Å²) in [6.07, 6.45) is 3.64. The van der Waals surface area contributed by atoms with Gasteiger partial charge < -0.3 is 10.1 Å². The molecule has 21 heavy (non-hydrogen) atoms. The number of benzene rings is 1. The van der Waals surface area contributed by atoms with Gasteiger partial charge in [-0.3, -0.25) is 4.98 Å². The molecular formula is C18H22N2O. The van der Waals surface area contributed by atoms with Crippen molar-refractivity contribution in [3.8, 4) is 5.75 Å². The van der Waals surface area contributed by atoms with E-state index in [0.29, 0.717) is 6.04 Å². The molecule has 0 spiro atoms. The number of fused-ring (bicyclic) bond motifs is 1. The summed E-state index contributed by atoms with van der Waals surface area (Å²) in [6.45, 7) is 2.78. The van der Waals surface area contributed by atoms with Gasteiger partial charge in [0.2, 0.25) is 0 Å². The highest BCUT2D eigenvalue weighted by atomic mass is 16.5. The lowest BCUT2D eigenvalue weighted by Gasteiger charge is -2.26. The van der Waals surface area contributed by atoms with E-state index in [-0.39, 0.29) is 0 Å². The number of aryl methyl sites for hydroxylation is 2. The Morgan fingerprint density at radius 3 is 3.00 bits per heavy atom. The summed E-state index contributed by atoms with van der Waals surface area (Å²) in [5, 5.41) is 3.65. The number of ether oxygens (including phenoxy) is 1. The molecule has 1 aromatic carbocycles. The third-order valence-corrected chi connectivity index (χ3v) is 4.11. The van der Waals surface area contributed by atoms with E-state index in [4.69, 9.17) is 4.74 Å². The van der Waals surface area contributed by atoms with Crippen LogP contribution in [-0.4, -0.2) is 12.1 Å². The second-order valence-electron chi connectivity index (χ2n) is 5.66. The molecular weight excluding hydrogens is 260 g/mol. The van der Waals surface area contributed by atoms with E-state index >= 15 is 0 Å². The summed E-state index contributed by atoms with van der Waals surface area (Å²) in [7, 11) is 1.70. The smallest absolute Gasteiger partial charge is 0.122 e. The molecule has 1 atom stereocenters. The van der Waals surface area contributed by atoms with Gasteiger partial charge in [0.1, 0.15) is 5.75 Å². The molecule has 0 saturated carbocycles. The summed E-state index contributed by atoms with van der Waals surface area (Å²) >= 11 is 0. The van der Waals surface area contributed by atoms with Crippen LogP contribution < -0.4 is 10.1 Å². The quantitative estimate of drug-likeness (QED) is 0.931. The van der Waals surface area contributed by atoms with Gasteiger partial charge in [0.25, 0.3) is 0 Å². The largest absolute Gasteiger partial charge is 0.497 e. The lowest BCUT2D eigenvalue weighted by atomic mass is 9.88. The van der Waals surface area contributed by atoms with Crippen LogP contribution in [0.3, 0.4) is 0 Å². The monoisotopic (exact) mass is 282 g/mol. The van der Waals surface area contributed by atoms with Gasteiger partial charge in [-0.25, -0.2) is 0 Å². The molecule has 3 nitrogen and oxygen atoms in total. The Labute approximate surface area is 126 Å². The van der Waals surface area contributed by atoms with E-state index in [1.165, 1.54) is 30.4 Å². The van der Waals surface area contributed by atoms with Crippen molar-refractivity contribution in [1.82, 2.24) is 10.3 Å². The maximum absolute atomic E-state index is 5.32. The minimum absolute atomic E-state index is 0.434. The molecule has 110 valence electrons. The molecule has 1 unspecified atom stereocenters. The molecule has 1 aliphatic carbocycles. The number of rotatable bonds is 4. The van der Waals surface area contributed by atoms with Gasteiger partial charge in [0.05, 0.1) is 12.8 Å². The normalized spacial score (nSPS) is 17.3. The van der Waals surface area contributed by atoms with Gasteiger partial charge in [-0.2, -0.15) is 0 Å². The van der Waals surface area contributed by atoms with Crippen molar-refractivity contribution in [2.75, 3.05) is 7.11 Å². The standard InChI is InChI=1S/C18H22N2O/c1-13-10-16(21-2)11-15(20-13)12-19-18-9-5-7-14-6-3-4-8-17(14)18/h3-4,6,8,10-11,18-19H,5,7,9,12H2,1-2H3. The Balaban J connectivity index is 1.73. The number of pyridine rings is 1. The molecule has 0 saturated heterocycles. The first-order valence-corrected chi connectivity index (χ1v) is 7.59. The number of nitrogens with zero attached hydrogens (tertiary/aromatic N) is 1. The first-order chi connectivity index (χ1) is 10.3. The van der Waals surface area contributed by atoms with Crippen molar-refractivity contribution in [3.05, 3.63) is 58.9 Å². The summed E-state index contributed by atoms with van der Waals surface area (Å²) in [5.41, 5.74) is 4.96. The van der Waals surface area contributed by atoms with Crippen LogP contribution in [-0.2, 0) is 13.0 Å². The molecule has 0 radical (unpaired) electrons. The highest BCUT2D eigenvalue weighted by Crippen LogP contribution is 2.29. The molecule has 0 aliphatic heterocycles. The number of aromatic nitrogens is 1. The second-order valence-corrected chi connectivity index (χ2v) is 5.66. The summed E-state index contributed by atoms with van der Waals surface area (Å²) in [4.78, 5) is 4.58. The lowest BCUT2D eigenvalue weighted by molar-refractivity contribution is 0.411. The number of hydrogen-bond acceptors (Lipinski definition) is 3. The molecule has 1 aromatic heterocycles. The predicted molar refractivity (Wildman–Crippen MR) is 84.5 cm³/mol. The van der Waals surface area contributed by atoms with E-state index in [1.54, 1.807) is 7.11 Å². The van der Waals surface area contributed by atoms with Crippen LogP contribution in [0.25, 0.3) is 0 Å². The van der Waals surface area contributed by atoms with Gasteiger partial charge in [-0.05, 0) is 37.3 Å². The lowest BCUT2D eigenvalue weighted by Crippen LogP contribution is -2.25. The predicted octanol–water partition coefficient (Wildman–Crippen LogP) is 3.57. The number of nitrogens with one attached hydrogen (secondary N) is 1. The summed E-state index contributed by atoms with van der Waals surface area (Å²) in [6, 6.07) is 13.2. The van der Waals surface area contributed by atoms with Gasteiger partial charge in [0.15, 0.2) is 0 Å². The van der Waals surface area contributed by atoms with Crippen molar-refractivity contribution in [1.29, 1.82) is 0 Å². The highest BCUT2D eigenvalue weighted by molar-refractivity contribution is 5.32. The number of methoxy groups -OCH3 is 1. The summed E-state index contributed by atoms with van der Waals surface area (Å²) in [5.74, 6) is 0.878. The SMILES string of the molecule is COc1cc(C)nc(CNC2CCCc3ccccc32)c1. The Morgan fingerprint density at radius 1 is 1.29 bits per heavy atom. The van der Waals surface area contributed by atoms with E-state index in [1.807, 2.05) is 19.1 Å². The van der Waals surface area contributed by atoms with Gasteiger partial charge in [-0.15, -0.1) is 0 Å². The van der Waals surface area contributed by atoms with Crippen LogP contribution in [0.4, 0.5) is 0 Å². The zero-order chi connectivity index (χ0) is 14.7. The maximum atomic E-state index is 5.32. The number of hydrogen-bond donors (Lipinski definition) is 1. The van der Waals surface area contributed by atoms with E-state index in [9.17, 15) is 0 Å². The van der Waals surface area contributed by atoms with Gasteiger partial charge >= 0.3 is 0 Å². The Bertz CT molecular complexity index is 624. The third-order valence-electron chi connectivity index (χ3n) is 4.11. The van der Waals surface area contributed by atoms with Crippen molar-refractivity contribution in [3.63, 3.8) is 0 Å². The van der Waals surface area contributed by atoms with Crippen molar-refractivity contribution in [2.24, 2.45) is 0 Å². The Hall–Kier alpha value is -1.87. The van der Waals surface area contributed by atoms with Crippen LogP contribution in [0, 0.1) is 6.92 Å². The molecule has 0 amide bonds. The molecule has 3 rings (SSSR count). The fourth-order valence-corrected chi connectivity index (χ4v) is 3.10. The van der Waals surface area contributed by atoms with Crippen molar-refractivity contribution < 1.29 is 4.74 Å². The highest BCUT2D eigenvalue weighted by Gasteiger charge is 2.19. The molecule has 0 bridgehead atoms. The van der Waals surface area contributed by atoms with Crippen LogP contribution in [0.2, 0.25) is 0 Å². The van der Waals surface area contributed by atoms with E-state index in [2.05, 4.69) is 34.6 Å². The first kappa shape index (κ1) is 14.1. The Kier molecular flexibility index (Phi) is 4.20. The Morgan fingerprint density at radius 2 is 2.14 bits per heavy atom. The minimum Gasteiger partial charge on any atom is -0.497 e. The summed E-state index contributed by atoms with van der Waals surface area (Å²) < 4.78 is 5.32. The van der Waals surface area contributed by atoms with Gasteiger partial charge in [0, 0.05) is 30.4 Å². The minimum atomic E-state index is 0.434. The zero-order valence-electron chi connectivity index (χ0n) is 12.7. The van der Waals surface area contributed by atoms with Gasteiger partial charge in [-0.1, -0.05) is 24.3 Å². The van der Waals surface area contributed by atoms with E-state index in [0.717, 1.165) is 23.7 Å². The maximum Gasteiger partial charge on any atom is 0.122 e. The second kappa shape index (κ2) is 6.27. The first-order valence-electron chi connectivity index (χ1n) is 7.59. The van der Waals surface area contributed by atoms with Crippen LogP contribution >= 0.6 is 0 Å². The zero-order valence-corrected chi connectivity index (χ0v) is 12.7.